The van der Waals surface area contributed by atoms with Gasteiger partial charge in [-0.3, -0.25) is 0 Å². The van der Waals surface area contributed by atoms with Crippen LogP contribution >= 0.6 is 11.6 Å². The summed E-state index contributed by atoms with van der Waals surface area (Å²) in [4.78, 5) is 5.72. The molecule has 3 heteroatoms. The van der Waals surface area contributed by atoms with Crippen LogP contribution in [0.3, 0.4) is 0 Å². The second-order valence-corrected chi connectivity index (χ2v) is 6.26. The molecule has 0 spiro atoms. The number of aromatic amines is 1. The van der Waals surface area contributed by atoms with E-state index >= 15 is 0 Å². The summed E-state index contributed by atoms with van der Waals surface area (Å²) in [6.07, 6.45) is 4.22. The number of hydrogen-bond acceptors (Lipinski definition) is 1. The number of hydrogen-bond donors (Lipinski definition) is 1. The Morgan fingerprint density at radius 1 is 1.00 bits per heavy atom. The molecule has 0 radical (unpaired) electrons. The standard InChI is InChI=1S/C20H17ClN2/c1-14-12-15-9-10-16(21)13-19(15)23(17-6-3-2-4-7-17)20(14)18-8-5-11-22-18/h2-13,20,22H,1H3. The highest BCUT2D eigenvalue weighted by Crippen LogP contribution is 2.45. The van der Waals surface area contributed by atoms with E-state index in [1.807, 2.05) is 30.5 Å². The minimum absolute atomic E-state index is 0.137. The van der Waals surface area contributed by atoms with Gasteiger partial charge in [-0.05, 0) is 54.5 Å². The molecule has 2 heterocycles. The molecule has 1 N–H and O–H groups in total. The zero-order valence-corrected chi connectivity index (χ0v) is 13.6. The molecule has 1 atom stereocenters. The first kappa shape index (κ1) is 14.2. The van der Waals surface area contributed by atoms with Crippen LogP contribution in [0.4, 0.5) is 11.4 Å². The average Bonchev–Trinajstić information content (AvgIpc) is 3.09. The van der Waals surface area contributed by atoms with E-state index in [0.29, 0.717) is 0 Å². The topological polar surface area (TPSA) is 19.0 Å². The van der Waals surface area contributed by atoms with E-state index < -0.39 is 0 Å². The highest BCUT2D eigenvalue weighted by atomic mass is 35.5. The monoisotopic (exact) mass is 320 g/mol. The number of nitrogens with one attached hydrogen (secondary N) is 1. The van der Waals surface area contributed by atoms with Gasteiger partial charge in [-0.25, -0.2) is 0 Å². The molecule has 0 aliphatic carbocycles. The summed E-state index contributed by atoms with van der Waals surface area (Å²) in [7, 11) is 0. The van der Waals surface area contributed by atoms with Crippen molar-refractivity contribution < 1.29 is 0 Å². The fourth-order valence-electron chi connectivity index (χ4n) is 3.29. The van der Waals surface area contributed by atoms with Crippen LogP contribution in [0.25, 0.3) is 6.08 Å². The van der Waals surface area contributed by atoms with Gasteiger partial charge in [0.2, 0.25) is 0 Å². The molecule has 4 rings (SSSR count). The summed E-state index contributed by atoms with van der Waals surface area (Å²) >= 11 is 6.28. The molecule has 0 saturated carbocycles. The lowest BCUT2D eigenvalue weighted by atomic mass is 9.93. The summed E-state index contributed by atoms with van der Waals surface area (Å²) < 4.78 is 0. The fraction of sp³-hybridized carbons (Fsp3) is 0.100. The Morgan fingerprint density at radius 2 is 1.83 bits per heavy atom. The molecule has 1 aromatic heterocycles. The third kappa shape index (κ3) is 2.45. The average molecular weight is 321 g/mol. The van der Waals surface area contributed by atoms with E-state index in [1.165, 1.54) is 16.8 Å². The first-order valence-corrected chi connectivity index (χ1v) is 8.07. The number of halogens is 1. The summed E-state index contributed by atoms with van der Waals surface area (Å²) in [5, 5.41) is 0.753. The lowest BCUT2D eigenvalue weighted by molar-refractivity contribution is 0.772. The van der Waals surface area contributed by atoms with Gasteiger partial charge in [0.05, 0.1) is 11.7 Å². The van der Waals surface area contributed by atoms with Crippen molar-refractivity contribution in [1.82, 2.24) is 4.98 Å². The van der Waals surface area contributed by atoms with Gasteiger partial charge in [-0.2, -0.15) is 0 Å². The Morgan fingerprint density at radius 3 is 2.57 bits per heavy atom. The number of fused-ring (bicyclic) bond motifs is 1. The first-order chi connectivity index (χ1) is 11.2. The SMILES string of the molecule is CC1=Cc2ccc(Cl)cc2N(c2ccccc2)C1c1ccc[nH]1. The molecule has 3 aromatic rings. The highest BCUT2D eigenvalue weighted by molar-refractivity contribution is 6.31. The Balaban J connectivity index is 1.96. The lowest BCUT2D eigenvalue weighted by Gasteiger charge is -2.38. The normalized spacial score (nSPS) is 16.9. The summed E-state index contributed by atoms with van der Waals surface area (Å²) in [5.41, 5.74) is 5.95. The van der Waals surface area contributed by atoms with Gasteiger partial charge in [0, 0.05) is 22.6 Å². The van der Waals surface area contributed by atoms with Gasteiger partial charge in [-0.15, -0.1) is 0 Å². The highest BCUT2D eigenvalue weighted by Gasteiger charge is 2.29. The van der Waals surface area contributed by atoms with Crippen molar-refractivity contribution in [2.24, 2.45) is 0 Å². The van der Waals surface area contributed by atoms with Gasteiger partial charge >= 0.3 is 0 Å². The van der Waals surface area contributed by atoms with Crippen LogP contribution in [-0.2, 0) is 0 Å². The van der Waals surface area contributed by atoms with Crippen LogP contribution < -0.4 is 4.90 Å². The lowest BCUT2D eigenvalue weighted by Crippen LogP contribution is -2.28. The predicted molar refractivity (Wildman–Crippen MR) is 97.2 cm³/mol. The number of H-pyrrole nitrogens is 1. The number of nitrogens with zero attached hydrogens (tertiary/aromatic N) is 1. The van der Waals surface area contributed by atoms with Gasteiger partial charge in [0.1, 0.15) is 0 Å². The van der Waals surface area contributed by atoms with E-state index in [4.69, 9.17) is 11.6 Å². The molecule has 1 unspecified atom stereocenters. The van der Waals surface area contributed by atoms with Crippen LogP contribution in [0.1, 0.15) is 24.2 Å². The van der Waals surface area contributed by atoms with Crippen LogP contribution in [0.5, 0.6) is 0 Å². The largest absolute Gasteiger partial charge is 0.363 e. The van der Waals surface area contributed by atoms with Gasteiger partial charge in [-0.1, -0.05) is 41.9 Å². The number of benzene rings is 2. The van der Waals surface area contributed by atoms with Crippen molar-refractivity contribution in [2.75, 3.05) is 4.90 Å². The molecule has 0 amide bonds. The summed E-state index contributed by atoms with van der Waals surface area (Å²) in [6.45, 7) is 2.18. The zero-order chi connectivity index (χ0) is 15.8. The van der Waals surface area contributed by atoms with E-state index in [9.17, 15) is 0 Å². The summed E-state index contributed by atoms with van der Waals surface area (Å²) in [5.74, 6) is 0. The van der Waals surface area contributed by atoms with Crippen molar-refractivity contribution in [1.29, 1.82) is 0 Å². The third-order valence-electron chi connectivity index (χ3n) is 4.28. The second-order valence-electron chi connectivity index (χ2n) is 5.83. The summed E-state index contributed by atoms with van der Waals surface area (Å²) in [6, 6.07) is 20.8. The number of aromatic nitrogens is 1. The molecule has 0 saturated heterocycles. The third-order valence-corrected chi connectivity index (χ3v) is 4.51. The molecule has 0 bridgehead atoms. The fourth-order valence-corrected chi connectivity index (χ4v) is 3.46. The molecule has 23 heavy (non-hydrogen) atoms. The van der Waals surface area contributed by atoms with Gasteiger partial charge in [0.25, 0.3) is 0 Å². The Bertz CT molecular complexity index is 851. The van der Waals surface area contributed by atoms with Crippen molar-refractivity contribution in [2.45, 2.75) is 13.0 Å². The maximum Gasteiger partial charge on any atom is 0.0953 e. The molecule has 2 nitrogen and oxygen atoms in total. The van der Waals surface area contributed by atoms with Crippen LogP contribution in [0, 0.1) is 0 Å². The second kappa shape index (κ2) is 5.64. The van der Waals surface area contributed by atoms with Crippen molar-refractivity contribution in [3.05, 3.63) is 88.7 Å². The van der Waals surface area contributed by atoms with Crippen LogP contribution in [0.2, 0.25) is 5.02 Å². The molecule has 114 valence electrons. The zero-order valence-electron chi connectivity index (χ0n) is 12.8. The number of rotatable bonds is 2. The quantitative estimate of drug-likeness (QED) is 0.616. The number of para-hydroxylation sites is 1. The van der Waals surface area contributed by atoms with Crippen molar-refractivity contribution >= 4 is 29.1 Å². The molecular formula is C20H17ClN2. The van der Waals surface area contributed by atoms with Gasteiger partial charge in [0.15, 0.2) is 0 Å². The van der Waals surface area contributed by atoms with Crippen molar-refractivity contribution in [3.63, 3.8) is 0 Å². The van der Waals surface area contributed by atoms with Gasteiger partial charge < -0.3 is 9.88 Å². The predicted octanol–water partition coefficient (Wildman–Crippen LogP) is 5.96. The number of anilines is 2. The Kier molecular flexibility index (Phi) is 3.47. The van der Waals surface area contributed by atoms with Crippen LogP contribution in [0.15, 0.2) is 72.4 Å². The molecule has 2 aromatic carbocycles. The first-order valence-electron chi connectivity index (χ1n) is 7.69. The maximum atomic E-state index is 6.28. The van der Waals surface area contributed by atoms with Crippen LogP contribution in [-0.4, -0.2) is 4.98 Å². The smallest absolute Gasteiger partial charge is 0.0953 e. The molecule has 1 aliphatic rings. The maximum absolute atomic E-state index is 6.28. The molecule has 1 aliphatic heterocycles. The van der Waals surface area contributed by atoms with E-state index in [0.717, 1.165) is 16.4 Å². The van der Waals surface area contributed by atoms with Crippen molar-refractivity contribution in [3.8, 4) is 0 Å². The van der Waals surface area contributed by atoms with E-state index in [-0.39, 0.29) is 6.04 Å². The molecule has 0 fully saturated rings. The minimum atomic E-state index is 0.137. The molecular weight excluding hydrogens is 304 g/mol. The Labute approximate surface area is 141 Å². The Hall–Kier alpha value is -2.45. The van der Waals surface area contributed by atoms with E-state index in [2.05, 4.69) is 59.3 Å². The van der Waals surface area contributed by atoms with E-state index in [1.54, 1.807) is 0 Å². The minimum Gasteiger partial charge on any atom is -0.363 e.